The third kappa shape index (κ3) is 3.36. The van der Waals surface area contributed by atoms with E-state index in [1.807, 2.05) is 13.0 Å². The van der Waals surface area contributed by atoms with Crippen molar-refractivity contribution in [2.45, 2.75) is 26.7 Å². The minimum Gasteiger partial charge on any atom is -0.446 e. The Morgan fingerprint density at radius 3 is 2.82 bits per heavy atom. The summed E-state index contributed by atoms with van der Waals surface area (Å²) in [5, 5.41) is 0. The number of aryl methyl sites for hydroxylation is 1. The molecule has 1 aromatic heterocycles. The Bertz CT molecular complexity index is 649. The van der Waals surface area contributed by atoms with Gasteiger partial charge in [0.05, 0.1) is 6.61 Å². The number of carbonyl (C=O) groups excluding carboxylic acids is 1. The maximum atomic E-state index is 12.1. The number of aromatic nitrogens is 2. The van der Waals surface area contributed by atoms with Crippen LogP contribution in [0.1, 0.15) is 35.4 Å². The molecule has 118 valence electrons. The van der Waals surface area contributed by atoms with Crippen molar-refractivity contribution in [2.24, 2.45) is 0 Å². The molecule has 0 bridgehead atoms. The van der Waals surface area contributed by atoms with Crippen molar-refractivity contribution >= 4 is 6.09 Å². The fourth-order valence-corrected chi connectivity index (χ4v) is 2.45. The van der Waals surface area contributed by atoms with Crippen LogP contribution in [0.3, 0.4) is 0 Å². The van der Waals surface area contributed by atoms with Gasteiger partial charge in [0.2, 0.25) is 0 Å². The monoisotopic (exact) mass is 302 g/mol. The summed E-state index contributed by atoms with van der Waals surface area (Å²) in [5.41, 5.74) is 3.61. The van der Waals surface area contributed by atoms with E-state index in [1.54, 1.807) is 19.5 Å². The second-order valence-corrected chi connectivity index (χ2v) is 5.27. The zero-order valence-electron chi connectivity index (χ0n) is 13.5. The molecule has 0 unspecified atom stereocenters. The van der Waals surface area contributed by atoms with Crippen molar-refractivity contribution < 1.29 is 14.3 Å². The van der Waals surface area contributed by atoms with E-state index in [0.29, 0.717) is 12.4 Å². The van der Waals surface area contributed by atoms with Gasteiger partial charge in [-0.1, -0.05) is 25.1 Å². The highest BCUT2D eigenvalue weighted by molar-refractivity contribution is 5.71. The van der Waals surface area contributed by atoms with E-state index in [1.165, 1.54) is 15.7 Å². The molecule has 0 saturated carbocycles. The van der Waals surface area contributed by atoms with Crippen LogP contribution in [-0.2, 0) is 9.47 Å². The van der Waals surface area contributed by atoms with Gasteiger partial charge in [0.15, 0.2) is 0 Å². The molecule has 1 heterocycles. The summed E-state index contributed by atoms with van der Waals surface area (Å²) in [6, 6.07) is 6.18. The highest BCUT2D eigenvalue weighted by Gasteiger charge is 2.20. The number of nitrogens with zero attached hydrogens (tertiary/aromatic N) is 2. The maximum absolute atomic E-state index is 12.1. The molecule has 22 heavy (non-hydrogen) atoms. The standard InChI is InChI=1S/C17H22N2O3/c1-12-6-5-7-15(13(12)2)14(3)16-18-8-9-19(16)17(20)22-11-10-21-4/h5-9,14H,10-11H2,1-4H3/t14-/m0/s1. The van der Waals surface area contributed by atoms with Crippen LogP contribution >= 0.6 is 0 Å². The maximum Gasteiger partial charge on any atom is 0.419 e. The van der Waals surface area contributed by atoms with Crippen molar-refractivity contribution in [1.82, 2.24) is 9.55 Å². The van der Waals surface area contributed by atoms with Gasteiger partial charge in [-0.2, -0.15) is 0 Å². The van der Waals surface area contributed by atoms with E-state index in [0.717, 1.165) is 5.56 Å². The van der Waals surface area contributed by atoms with E-state index in [2.05, 4.69) is 31.0 Å². The zero-order valence-corrected chi connectivity index (χ0v) is 13.5. The van der Waals surface area contributed by atoms with Crippen molar-refractivity contribution in [3.05, 3.63) is 53.1 Å². The second-order valence-electron chi connectivity index (χ2n) is 5.27. The van der Waals surface area contributed by atoms with Crippen molar-refractivity contribution in [3.8, 4) is 0 Å². The third-order valence-corrected chi connectivity index (χ3v) is 3.88. The molecule has 0 aliphatic carbocycles. The Balaban J connectivity index is 2.24. The first-order valence-corrected chi connectivity index (χ1v) is 7.31. The first kappa shape index (κ1) is 16.2. The van der Waals surface area contributed by atoms with Gasteiger partial charge in [-0.3, -0.25) is 0 Å². The van der Waals surface area contributed by atoms with Gasteiger partial charge in [0, 0.05) is 25.4 Å². The molecule has 0 N–H and O–H groups in total. The molecule has 5 nitrogen and oxygen atoms in total. The topological polar surface area (TPSA) is 53.4 Å². The predicted octanol–water partition coefficient (Wildman–Crippen LogP) is 3.28. The molecular weight excluding hydrogens is 280 g/mol. The number of imidazole rings is 1. The van der Waals surface area contributed by atoms with Crippen LogP contribution in [0.5, 0.6) is 0 Å². The molecule has 0 aliphatic heterocycles. The molecule has 1 atom stereocenters. The van der Waals surface area contributed by atoms with Crippen molar-refractivity contribution in [1.29, 1.82) is 0 Å². The molecule has 0 fully saturated rings. The van der Waals surface area contributed by atoms with Gasteiger partial charge in [0.1, 0.15) is 12.4 Å². The molecule has 0 radical (unpaired) electrons. The summed E-state index contributed by atoms with van der Waals surface area (Å²) in [6.07, 6.45) is 2.82. The molecule has 0 amide bonds. The number of rotatable bonds is 5. The van der Waals surface area contributed by atoms with E-state index in [-0.39, 0.29) is 12.5 Å². The summed E-state index contributed by atoms with van der Waals surface area (Å²) >= 11 is 0. The lowest BCUT2D eigenvalue weighted by Gasteiger charge is -2.17. The van der Waals surface area contributed by atoms with Gasteiger partial charge in [0.25, 0.3) is 0 Å². The Morgan fingerprint density at radius 1 is 1.32 bits per heavy atom. The average Bonchev–Trinajstić information content (AvgIpc) is 2.99. The van der Waals surface area contributed by atoms with E-state index >= 15 is 0 Å². The molecule has 2 aromatic rings. The lowest BCUT2D eigenvalue weighted by molar-refractivity contribution is 0.0989. The molecule has 1 aromatic carbocycles. The van der Waals surface area contributed by atoms with Crippen LogP contribution in [0.25, 0.3) is 0 Å². The largest absolute Gasteiger partial charge is 0.446 e. The highest BCUT2D eigenvalue weighted by Crippen LogP contribution is 2.27. The van der Waals surface area contributed by atoms with Crippen LogP contribution in [0.15, 0.2) is 30.6 Å². The van der Waals surface area contributed by atoms with Crippen LogP contribution in [0, 0.1) is 13.8 Å². The van der Waals surface area contributed by atoms with Crippen molar-refractivity contribution in [3.63, 3.8) is 0 Å². The fraction of sp³-hybridized carbons (Fsp3) is 0.412. The molecule has 2 rings (SSSR count). The Hall–Kier alpha value is -2.14. The molecule has 0 aliphatic rings. The van der Waals surface area contributed by atoms with Gasteiger partial charge in [-0.05, 0) is 30.5 Å². The average molecular weight is 302 g/mol. The third-order valence-electron chi connectivity index (χ3n) is 3.88. The normalized spacial score (nSPS) is 12.2. The minimum atomic E-state index is -0.429. The SMILES string of the molecule is COCCOC(=O)n1ccnc1[C@@H](C)c1cccc(C)c1C. The van der Waals surface area contributed by atoms with Crippen LogP contribution in [-0.4, -0.2) is 36.0 Å². The lowest BCUT2D eigenvalue weighted by Crippen LogP contribution is -2.20. The number of methoxy groups -OCH3 is 1. The first-order chi connectivity index (χ1) is 10.6. The number of hydrogen-bond donors (Lipinski definition) is 0. The number of ether oxygens (including phenoxy) is 2. The highest BCUT2D eigenvalue weighted by atomic mass is 16.6. The summed E-state index contributed by atoms with van der Waals surface area (Å²) in [7, 11) is 1.57. The van der Waals surface area contributed by atoms with Crippen LogP contribution in [0.4, 0.5) is 4.79 Å². The minimum absolute atomic E-state index is 0.00451. The van der Waals surface area contributed by atoms with E-state index < -0.39 is 6.09 Å². The summed E-state index contributed by atoms with van der Waals surface area (Å²) < 4.78 is 11.5. The second kappa shape index (κ2) is 7.22. The quantitative estimate of drug-likeness (QED) is 0.795. The number of carbonyl (C=O) groups is 1. The van der Waals surface area contributed by atoms with Gasteiger partial charge in [-0.15, -0.1) is 0 Å². The number of hydrogen-bond acceptors (Lipinski definition) is 4. The molecular formula is C17H22N2O3. The van der Waals surface area contributed by atoms with Crippen molar-refractivity contribution in [2.75, 3.05) is 20.3 Å². The zero-order chi connectivity index (χ0) is 16.1. The van der Waals surface area contributed by atoms with Gasteiger partial charge < -0.3 is 9.47 Å². The van der Waals surface area contributed by atoms with E-state index in [4.69, 9.17) is 9.47 Å². The number of benzene rings is 1. The predicted molar refractivity (Wildman–Crippen MR) is 84.3 cm³/mol. The Morgan fingerprint density at radius 2 is 2.09 bits per heavy atom. The fourth-order valence-electron chi connectivity index (χ4n) is 2.45. The van der Waals surface area contributed by atoms with E-state index in [9.17, 15) is 4.79 Å². The summed E-state index contributed by atoms with van der Waals surface area (Å²) in [6.45, 7) is 6.82. The summed E-state index contributed by atoms with van der Waals surface area (Å²) in [4.78, 5) is 16.5. The molecule has 0 spiro atoms. The molecule has 0 saturated heterocycles. The smallest absolute Gasteiger partial charge is 0.419 e. The van der Waals surface area contributed by atoms with Crippen LogP contribution < -0.4 is 0 Å². The lowest BCUT2D eigenvalue weighted by atomic mass is 9.93. The Kier molecular flexibility index (Phi) is 5.33. The first-order valence-electron chi connectivity index (χ1n) is 7.31. The molecule has 5 heteroatoms. The Labute approximate surface area is 130 Å². The van der Waals surface area contributed by atoms with Crippen LogP contribution in [0.2, 0.25) is 0 Å². The van der Waals surface area contributed by atoms with Gasteiger partial charge >= 0.3 is 6.09 Å². The van der Waals surface area contributed by atoms with Gasteiger partial charge in [-0.25, -0.2) is 14.3 Å². The summed E-state index contributed by atoms with van der Waals surface area (Å²) in [5.74, 6) is 0.681.